The number of likely N-dealkylation sites (tertiary alicyclic amines) is 3. The van der Waals surface area contributed by atoms with Crippen molar-refractivity contribution in [3.8, 4) is 11.1 Å². The van der Waals surface area contributed by atoms with E-state index in [1.807, 2.05) is 53.5 Å². The normalized spacial score (nSPS) is 28.7. The van der Waals surface area contributed by atoms with Crippen LogP contribution in [0.3, 0.4) is 0 Å². The summed E-state index contributed by atoms with van der Waals surface area (Å²) in [4.78, 5) is 137. The van der Waals surface area contributed by atoms with Gasteiger partial charge in [0.15, 0.2) is 0 Å². The Morgan fingerprint density at radius 1 is 0.687 bits per heavy atom. The van der Waals surface area contributed by atoms with Gasteiger partial charge < -0.3 is 34.3 Å². The first-order valence-corrected chi connectivity index (χ1v) is 28.8. The van der Waals surface area contributed by atoms with E-state index in [0.717, 1.165) is 41.5 Å². The summed E-state index contributed by atoms with van der Waals surface area (Å²) in [5.74, 6) is -2.92. The van der Waals surface area contributed by atoms with Crippen molar-refractivity contribution in [1.29, 1.82) is 0 Å². The Bertz CT molecular complexity index is 3240. The van der Waals surface area contributed by atoms with Crippen molar-refractivity contribution in [2.75, 3.05) is 32.8 Å². The fourth-order valence-electron chi connectivity index (χ4n) is 14.7. The van der Waals surface area contributed by atoms with E-state index >= 15 is 0 Å². The van der Waals surface area contributed by atoms with E-state index in [-0.39, 0.29) is 91.8 Å². The molecule has 0 radical (unpaired) electrons. The molecule has 13 rings (SSSR count). The predicted octanol–water partition coefficient (Wildman–Crippen LogP) is 6.63. The number of carbonyl (C=O) groups excluding carboxylic acids is 9. The van der Waals surface area contributed by atoms with E-state index < -0.39 is 53.6 Å². The van der Waals surface area contributed by atoms with Gasteiger partial charge in [-0.2, -0.15) is 9.59 Å². The molecule has 0 unspecified atom stereocenters. The Balaban J connectivity index is 0.000000181. The Labute approximate surface area is 486 Å². The summed E-state index contributed by atoms with van der Waals surface area (Å²) in [6, 6.07) is 20.2. The number of rotatable bonds is 7. The van der Waals surface area contributed by atoms with E-state index in [1.165, 1.54) is 21.6 Å². The molecule has 1 spiro atoms. The van der Waals surface area contributed by atoms with Gasteiger partial charge >= 0.3 is 18.2 Å². The molecule has 1 aliphatic carbocycles. The first kappa shape index (κ1) is 58.2. The topological polar surface area (TPSA) is 232 Å². The lowest BCUT2D eigenvalue weighted by Gasteiger charge is -2.44. The maximum absolute atomic E-state index is 14.6. The Morgan fingerprint density at radius 2 is 1.29 bits per heavy atom. The molecule has 6 saturated heterocycles. The van der Waals surface area contributed by atoms with Crippen LogP contribution in [-0.2, 0) is 54.3 Å². The maximum Gasteiger partial charge on any atom is 0.410 e. The lowest BCUT2D eigenvalue weighted by atomic mass is 9.88. The average Bonchev–Trinajstić information content (AvgIpc) is 4.50. The van der Waals surface area contributed by atoms with E-state index in [9.17, 15) is 43.5 Å². The van der Waals surface area contributed by atoms with Crippen molar-refractivity contribution >= 4 is 71.0 Å². The molecule has 9 aliphatic heterocycles. The number of fused-ring (bicyclic) bond motifs is 8. The van der Waals surface area contributed by atoms with Gasteiger partial charge in [0.1, 0.15) is 42.0 Å². The van der Waals surface area contributed by atoms with Gasteiger partial charge in [0.2, 0.25) is 23.6 Å². The number of hydrogen-bond acceptors (Lipinski definition) is 11. The molecule has 0 bridgehead atoms. The summed E-state index contributed by atoms with van der Waals surface area (Å²) in [6.07, 6.45) is 18.3. The number of benzene rings is 3. The highest BCUT2D eigenvalue weighted by molar-refractivity contribution is 6.42. The van der Waals surface area contributed by atoms with Gasteiger partial charge in [0.25, 0.3) is 11.8 Å². The molecule has 1 N–H and O–H groups in total. The summed E-state index contributed by atoms with van der Waals surface area (Å²) in [5.41, 5.74) is 3.99. The number of carbonyl (C=O) groups is 8. The van der Waals surface area contributed by atoms with Crippen LogP contribution in [0.15, 0.2) is 114 Å². The Hall–Kier alpha value is -8.02. The first-order chi connectivity index (χ1) is 39.6. The fourth-order valence-corrected chi connectivity index (χ4v) is 14.9. The van der Waals surface area contributed by atoms with Crippen LogP contribution in [0.1, 0.15) is 101 Å². The standard InChI is InChI=1S/C34H38ClN5O5.C27H26N2O5.CO2.CH4/c1-21(41)36-27(20-23-6-2-3-8-26(23)35)30(42)39-18-5-15-34(39)16-13-25-11-12-28(40(25)33(34)45)31(43)38-19-14-22-9-10-24-7-4-17-37(24)32(44)29(22)38;30-25-24-16(9-10-17-11-12-23(26(31)32)29(17)25)13-14-28(24)27(33)34-15-22-20-7-3-1-5-18(20)19-6-2-4-8-21(19)22;2-1-3;/h2-3,6,8-10,13,16,22,24-25,28-29H,4-5,7,11-12,14-15,17-20H2,1H3;1-10,16-17,22-24H,11-15H2,(H,31,32);;1H4/t22-,24+,25-,28-,29-,34+;16-,17-,23-,24-;;/m00../s1. The number of amides is 7. The minimum absolute atomic E-state index is 0. The zero-order valence-corrected chi connectivity index (χ0v) is 46.2. The number of ether oxygens (including phenoxy) is 1. The van der Waals surface area contributed by atoms with Gasteiger partial charge in [-0.1, -0.05) is 122 Å². The van der Waals surface area contributed by atoms with Gasteiger partial charge in [0.05, 0.1) is 18.1 Å². The van der Waals surface area contributed by atoms with Crippen molar-refractivity contribution in [2.45, 2.75) is 139 Å². The molecule has 20 heteroatoms. The van der Waals surface area contributed by atoms with Crippen LogP contribution >= 0.6 is 11.6 Å². The van der Waals surface area contributed by atoms with Gasteiger partial charge in [-0.25, -0.2) is 14.6 Å². The number of aliphatic carboxylic acids is 1. The molecule has 0 saturated carbocycles. The summed E-state index contributed by atoms with van der Waals surface area (Å²) in [5, 5.41) is 10.1. The lowest BCUT2D eigenvalue weighted by Crippen LogP contribution is -2.64. The van der Waals surface area contributed by atoms with Crippen LogP contribution in [0.5, 0.6) is 0 Å². The molecule has 3 aromatic rings. The second-order valence-corrected chi connectivity index (χ2v) is 23.1. The fraction of sp³-hybridized carbons (Fsp3) is 0.460. The van der Waals surface area contributed by atoms with Crippen LogP contribution in [0, 0.1) is 11.8 Å². The largest absolute Gasteiger partial charge is 0.480 e. The van der Waals surface area contributed by atoms with Crippen LogP contribution in [-0.4, -0.2) is 174 Å². The molecule has 6 fully saturated rings. The zero-order chi connectivity index (χ0) is 57.6. The molecule has 9 heterocycles. The van der Waals surface area contributed by atoms with Gasteiger partial charge in [-0.15, -0.1) is 0 Å². The van der Waals surface area contributed by atoms with Gasteiger partial charge in [0, 0.05) is 62.3 Å². The Morgan fingerprint density at radius 3 is 1.95 bits per heavy atom. The van der Waals surface area contributed by atoms with E-state index in [1.54, 1.807) is 34.1 Å². The quantitative estimate of drug-likeness (QED) is 0.194. The van der Waals surface area contributed by atoms with Gasteiger partial charge in [-0.05, 0) is 98.1 Å². The summed E-state index contributed by atoms with van der Waals surface area (Å²) >= 11 is 6.38. The number of hydrogen-bond donors (Lipinski definition) is 1. The first-order valence-electron chi connectivity index (χ1n) is 28.4. The summed E-state index contributed by atoms with van der Waals surface area (Å²) in [6.45, 7) is 3.40. The predicted molar refractivity (Wildman–Crippen MR) is 303 cm³/mol. The second kappa shape index (κ2) is 24.1. The molecular weight excluding hydrogens is 1080 g/mol. The molecule has 7 amide bonds. The second-order valence-electron chi connectivity index (χ2n) is 22.7. The molecular formula is C63H68ClN7O12. The highest BCUT2D eigenvalue weighted by atomic mass is 35.5. The maximum atomic E-state index is 14.6. The third-order valence-corrected chi connectivity index (χ3v) is 18.8. The van der Waals surface area contributed by atoms with Crippen molar-refractivity contribution < 1.29 is 57.8 Å². The third kappa shape index (κ3) is 10.5. The summed E-state index contributed by atoms with van der Waals surface area (Å²) in [7, 11) is 0. The highest BCUT2D eigenvalue weighted by Gasteiger charge is 2.58. The molecule has 0 aromatic heterocycles. The number of halogens is 1. The molecule has 10 atom stereocenters. The number of aliphatic imine (C=N–C) groups is 1. The van der Waals surface area contributed by atoms with E-state index in [4.69, 9.17) is 25.9 Å². The number of carboxylic acids is 1. The van der Waals surface area contributed by atoms with Crippen molar-refractivity contribution in [3.63, 3.8) is 0 Å². The van der Waals surface area contributed by atoms with Crippen LogP contribution in [0.25, 0.3) is 11.1 Å². The molecule has 10 aliphatic rings. The average molecular weight is 1150 g/mol. The summed E-state index contributed by atoms with van der Waals surface area (Å²) < 4.78 is 5.82. The SMILES string of the molecule is C.CC(=O)N=C(Cc1ccccc1Cl)C(=O)N1CCC[C@]12C=C[C@@H]1CC[C@@H](C(=O)N3CC[C@@H]4C=C[C@H]5CCCN5C(=O)[C@H]43)N1C2=O.O=C(O)[C@@H]1CC[C@@H]2C=C[C@H]3CCN(C(=O)OCC4c5ccccc5-c5ccccc54)[C@@H]3C(=O)N21.O=C=O. The lowest BCUT2D eigenvalue weighted by molar-refractivity contribution is -0.191. The van der Waals surface area contributed by atoms with Crippen molar-refractivity contribution in [3.05, 3.63) is 131 Å². The molecule has 3 aromatic carbocycles. The molecule has 83 heavy (non-hydrogen) atoms. The molecule has 434 valence electrons. The highest BCUT2D eigenvalue weighted by Crippen LogP contribution is 2.46. The van der Waals surface area contributed by atoms with E-state index in [0.29, 0.717) is 81.7 Å². The van der Waals surface area contributed by atoms with Gasteiger partial charge in [-0.3, -0.25) is 33.7 Å². The van der Waals surface area contributed by atoms with Crippen LogP contribution < -0.4 is 0 Å². The van der Waals surface area contributed by atoms with Crippen molar-refractivity contribution in [2.24, 2.45) is 16.8 Å². The van der Waals surface area contributed by atoms with Crippen LogP contribution in [0.2, 0.25) is 5.02 Å². The van der Waals surface area contributed by atoms with Crippen molar-refractivity contribution in [1.82, 2.24) is 29.4 Å². The monoisotopic (exact) mass is 1150 g/mol. The molecule has 19 nitrogen and oxygen atoms in total. The minimum atomic E-state index is -1.27. The van der Waals surface area contributed by atoms with E-state index in [2.05, 4.69) is 41.4 Å². The third-order valence-electron chi connectivity index (χ3n) is 18.4. The Kier molecular flexibility index (Phi) is 16.9. The van der Waals surface area contributed by atoms with Crippen LogP contribution in [0.4, 0.5) is 4.79 Å². The number of nitrogens with zero attached hydrogens (tertiary/aromatic N) is 7. The smallest absolute Gasteiger partial charge is 0.410 e. The number of carboxylic acid groups (broad SMARTS) is 1. The zero-order valence-electron chi connectivity index (χ0n) is 45.4. The minimum Gasteiger partial charge on any atom is -0.480 e.